The monoisotopic (exact) mass is 269 g/mol. The molecule has 1 atom stereocenters. The zero-order valence-electron chi connectivity index (χ0n) is 10.7. The van der Waals surface area contributed by atoms with E-state index in [0.717, 1.165) is 6.42 Å². The van der Waals surface area contributed by atoms with Gasteiger partial charge in [-0.25, -0.2) is 9.13 Å². The van der Waals surface area contributed by atoms with Gasteiger partial charge in [0.25, 0.3) is 0 Å². The summed E-state index contributed by atoms with van der Waals surface area (Å²) in [6, 6.07) is 0. The summed E-state index contributed by atoms with van der Waals surface area (Å²) in [5, 5.41) is 0. The van der Waals surface area contributed by atoms with Crippen molar-refractivity contribution in [2.45, 2.75) is 38.8 Å². The lowest BCUT2D eigenvalue weighted by Gasteiger charge is -2.06. The minimum absolute atomic E-state index is 0.146. The van der Waals surface area contributed by atoms with Crippen molar-refractivity contribution >= 4 is 7.25 Å². The normalized spacial score (nSPS) is 12.8. The molecule has 0 aliphatic heterocycles. The average Bonchev–Trinajstić information content (AvgIpc) is 2.62. The second-order valence-corrected chi connectivity index (χ2v) is 4.08. The van der Waals surface area contributed by atoms with E-state index in [0.29, 0.717) is 0 Å². The fourth-order valence-electron chi connectivity index (χ4n) is 1.42. The number of aryl methyl sites for hydroxylation is 1. The molecule has 0 spiro atoms. The minimum Gasteiger partial charge on any atom is -0.418 e. The van der Waals surface area contributed by atoms with Crippen LogP contribution in [0.3, 0.4) is 0 Å². The number of hydrogen-bond acceptors (Lipinski definition) is 1. The molecule has 1 heterocycles. The molecule has 0 saturated carbocycles. The van der Waals surface area contributed by atoms with Gasteiger partial charge in [0.05, 0.1) is 7.05 Å². The molecule has 1 aromatic rings. The maximum absolute atomic E-state index is 9.75. The van der Waals surface area contributed by atoms with Crippen LogP contribution in [0.4, 0.5) is 17.3 Å². The Morgan fingerprint density at radius 1 is 1.28 bits per heavy atom. The molecule has 0 bridgehead atoms. The minimum atomic E-state index is -6.00. The molecular formula is C10H20BF4N3. The third-order valence-corrected chi connectivity index (χ3v) is 2.28. The van der Waals surface area contributed by atoms with Crippen molar-refractivity contribution in [2.75, 3.05) is 0 Å². The fraction of sp³-hybridized carbons (Fsp3) is 0.700. The molecule has 0 aliphatic rings. The smallest absolute Gasteiger partial charge is 0.418 e. The van der Waals surface area contributed by atoms with Crippen LogP contribution in [0.25, 0.3) is 0 Å². The van der Waals surface area contributed by atoms with Crippen molar-refractivity contribution < 1.29 is 21.8 Å². The van der Waals surface area contributed by atoms with Crippen molar-refractivity contribution in [3.63, 3.8) is 0 Å². The summed E-state index contributed by atoms with van der Waals surface area (Å²) in [5.41, 5.74) is 6.00. The molecule has 1 rings (SSSR count). The molecule has 0 aromatic carbocycles. The Bertz CT molecular complexity index is 321. The number of rotatable bonds is 5. The Morgan fingerprint density at radius 3 is 2.22 bits per heavy atom. The van der Waals surface area contributed by atoms with Gasteiger partial charge < -0.3 is 17.3 Å². The second kappa shape index (κ2) is 8.13. The quantitative estimate of drug-likeness (QED) is 0.379. The van der Waals surface area contributed by atoms with E-state index in [-0.39, 0.29) is 6.17 Å². The third-order valence-electron chi connectivity index (χ3n) is 2.28. The summed E-state index contributed by atoms with van der Waals surface area (Å²) in [6.45, 7) is 2.21. The summed E-state index contributed by atoms with van der Waals surface area (Å²) >= 11 is 0. The van der Waals surface area contributed by atoms with Crippen molar-refractivity contribution in [1.29, 1.82) is 0 Å². The van der Waals surface area contributed by atoms with Crippen LogP contribution in [-0.2, 0) is 7.05 Å². The van der Waals surface area contributed by atoms with E-state index in [2.05, 4.69) is 11.5 Å². The van der Waals surface area contributed by atoms with Crippen LogP contribution in [0.1, 0.15) is 38.8 Å². The molecule has 18 heavy (non-hydrogen) atoms. The Morgan fingerprint density at radius 2 is 1.83 bits per heavy atom. The number of imidazole rings is 1. The molecule has 0 radical (unpaired) electrons. The maximum Gasteiger partial charge on any atom is 0.673 e. The molecule has 0 aliphatic carbocycles. The van der Waals surface area contributed by atoms with E-state index < -0.39 is 7.25 Å². The first-order chi connectivity index (χ1) is 8.24. The predicted molar refractivity (Wildman–Crippen MR) is 63.2 cm³/mol. The Kier molecular flexibility index (Phi) is 7.65. The Hall–Kier alpha value is -1.05. The standard InChI is InChI=1S/C10H20N3.BF4/c1-3-4-5-6-10(11)13-8-7-12(2)9-13;2-1(3,4)5/h7-10H,3-6,11H2,1-2H3;/q+1;-1. The van der Waals surface area contributed by atoms with Gasteiger partial charge in [0.2, 0.25) is 6.33 Å². The van der Waals surface area contributed by atoms with Crippen LogP contribution in [0, 0.1) is 0 Å². The summed E-state index contributed by atoms with van der Waals surface area (Å²) < 4.78 is 43.1. The van der Waals surface area contributed by atoms with Gasteiger partial charge in [-0.05, 0) is 6.42 Å². The number of halogens is 4. The highest BCUT2D eigenvalue weighted by molar-refractivity contribution is 6.50. The van der Waals surface area contributed by atoms with Crippen molar-refractivity contribution in [3.05, 3.63) is 18.7 Å². The SMILES string of the molecule is CCCCCC(N)n1cc[n+](C)c1.F[B-](F)(F)F. The van der Waals surface area contributed by atoms with Crippen LogP contribution in [0.15, 0.2) is 18.7 Å². The highest BCUT2D eigenvalue weighted by Crippen LogP contribution is 2.09. The summed E-state index contributed by atoms with van der Waals surface area (Å²) in [6.07, 6.45) is 11.0. The van der Waals surface area contributed by atoms with Crippen LogP contribution < -0.4 is 10.3 Å². The number of nitrogens with two attached hydrogens (primary N) is 1. The number of hydrogen-bond donors (Lipinski definition) is 1. The molecule has 2 N–H and O–H groups in total. The molecule has 0 fully saturated rings. The molecule has 106 valence electrons. The molecule has 0 amide bonds. The van der Waals surface area contributed by atoms with Crippen LogP contribution in [0.2, 0.25) is 0 Å². The van der Waals surface area contributed by atoms with Gasteiger partial charge in [-0.2, -0.15) is 0 Å². The van der Waals surface area contributed by atoms with Crippen molar-refractivity contribution in [2.24, 2.45) is 12.8 Å². The van der Waals surface area contributed by atoms with Gasteiger partial charge in [0.1, 0.15) is 12.4 Å². The number of aromatic nitrogens is 2. The van der Waals surface area contributed by atoms with Gasteiger partial charge >= 0.3 is 7.25 Å². The summed E-state index contributed by atoms with van der Waals surface area (Å²) in [7, 11) is -3.99. The first kappa shape index (κ1) is 17.0. The molecule has 0 saturated heterocycles. The molecule has 1 aromatic heterocycles. The topological polar surface area (TPSA) is 34.8 Å². The Labute approximate surface area is 105 Å². The molecule has 1 unspecified atom stereocenters. The summed E-state index contributed by atoms with van der Waals surface area (Å²) in [5.74, 6) is 0. The zero-order valence-corrected chi connectivity index (χ0v) is 10.7. The molecular weight excluding hydrogens is 249 g/mol. The summed E-state index contributed by atoms with van der Waals surface area (Å²) in [4.78, 5) is 0. The van der Waals surface area contributed by atoms with Gasteiger partial charge in [-0.15, -0.1) is 0 Å². The van der Waals surface area contributed by atoms with E-state index in [1.807, 2.05) is 30.3 Å². The maximum atomic E-state index is 9.75. The van der Waals surface area contributed by atoms with E-state index in [4.69, 9.17) is 5.73 Å². The highest BCUT2D eigenvalue weighted by atomic mass is 19.5. The average molecular weight is 269 g/mol. The predicted octanol–water partition coefficient (Wildman–Crippen LogP) is 2.65. The lowest BCUT2D eigenvalue weighted by Crippen LogP contribution is -2.26. The second-order valence-electron chi connectivity index (χ2n) is 4.08. The van der Waals surface area contributed by atoms with Crippen molar-refractivity contribution in [3.8, 4) is 0 Å². The third kappa shape index (κ3) is 10.1. The van der Waals surface area contributed by atoms with E-state index >= 15 is 0 Å². The number of nitrogens with zero attached hydrogens (tertiary/aromatic N) is 2. The van der Waals surface area contributed by atoms with Crippen LogP contribution in [-0.4, -0.2) is 11.8 Å². The van der Waals surface area contributed by atoms with Gasteiger partial charge in [0, 0.05) is 6.42 Å². The van der Waals surface area contributed by atoms with Crippen LogP contribution in [0.5, 0.6) is 0 Å². The largest absolute Gasteiger partial charge is 0.673 e. The van der Waals surface area contributed by atoms with Gasteiger partial charge in [-0.1, -0.05) is 19.8 Å². The van der Waals surface area contributed by atoms with Crippen LogP contribution >= 0.6 is 0 Å². The lowest BCUT2D eigenvalue weighted by molar-refractivity contribution is -0.671. The number of unbranched alkanes of at least 4 members (excludes halogenated alkanes) is 2. The fourth-order valence-corrected chi connectivity index (χ4v) is 1.42. The lowest BCUT2D eigenvalue weighted by atomic mass is 10.2. The molecule has 8 heteroatoms. The first-order valence-electron chi connectivity index (χ1n) is 5.89. The van der Waals surface area contributed by atoms with E-state index in [1.54, 1.807) is 0 Å². The van der Waals surface area contributed by atoms with Gasteiger partial charge in [-0.3, -0.25) is 5.73 Å². The van der Waals surface area contributed by atoms with Gasteiger partial charge in [0.15, 0.2) is 6.17 Å². The van der Waals surface area contributed by atoms with Crippen molar-refractivity contribution in [1.82, 2.24) is 4.57 Å². The Balaban J connectivity index is 0.000000494. The molecule has 3 nitrogen and oxygen atoms in total. The van der Waals surface area contributed by atoms with E-state index in [9.17, 15) is 17.3 Å². The zero-order chi connectivity index (χ0) is 14.2. The first-order valence-corrected chi connectivity index (χ1v) is 5.89. The highest BCUT2D eigenvalue weighted by Gasteiger charge is 2.20. The van der Waals surface area contributed by atoms with E-state index in [1.165, 1.54) is 19.3 Å².